The molecule has 114 valence electrons. The summed E-state index contributed by atoms with van der Waals surface area (Å²) in [5, 5.41) is 12.5. The number of nitrogens with two attached hydrogens (primary N) is 1. The van der Waals surface area contributed by atoms with Crippen LogP contribution in [-0.2, 0) is 5.41 Å². The van der Waals surface area contributed by atoms with Gasteiger partial charge < -0.3 is 15.6 Å². The molecule has 1 aromatic carbocycles. The molecule has 1 aliphatic rings. The van der Waals surface area contributed by atoms with Crippen molar-refractivity contribution in [1.82, 2.24) is 9.78 Å². The third kappa shape index (κ3) is 2.52. The smallest absolute Gasteiger partial charge is 0.433 e. The van der Waals surface area contributed by atoms with Crippen molar-refractivity contribution in [3.63, 3.8) is 0 Å². The van der Waals surface area contributed by atoms with Gasteiger partial charge in [-0.25, -0.2) is 9.59 Å². The van der Waals surface area contributed by atoms with E-state index in [1.807, 2.05) is 12.1 Å². The number of carbonyl (C=O) groups is 2. The molecule has 3 N–H and O–H groups in total. The molecule has 0 atom stereocenters. The second-order valence-corrected chi connectivity index (χ2v) is 5.63. The van der Waals surface area contributed by atoms with Crippen LogP contribution >= 0.6 is 0 Å². The van der Waals surface area contributed by atoms with Gasteiger partial charge in [0.15, 0.2) is 5.69 Å². The van der Waals surface area contributed by atoms with Crippen LogP contribution in [0.2, 0.25) is 0 Å². The van der Waals surface area contributed by atoms with Gasteiger partial charge in [-0.2, -0.15) is 4.68 Å². The van der Waals surface area contributed by atoms with Crippen LogP contribution in [0.1, 0.15) is 35.8 Å². The molecule has 3 rings (SSSR count). The van der Waals surface area contributed by atoms with Crippen molar-refractivity contribution in [2.75, 3.05) is 5.73 Å². The zero-order valence-electron chi connectivity index (χ0n) is 11.9. The minimum absolute atomic E-state index is 0.0615. The summed E-state index contributed by atoms with van der Waals surface area (Å²) in [6, 6.07) is 8.42. The summed E-state index contributed by atoms with van der Waals surface area (Å²) in [6.45, 7) is 2.15. The van der Waals surface area contributed by atoms with Crippen LogP contribution in [0, 0.1) is 0 Å². The normalized spacial score (nSPS) is 15.3. The van der Waals surface area contributed by atoms with E-state index in [0.717, 1.165) is 18.4 Å². The van der Waals surface area contributed by atoms with E-state index in [4.69, 9.17) is 15.6 Å². The average molecular weight is 301 g/mol. The third-order valence-electron chi connectivity index (χ3n) is 3.86. The van der Waals surface area contributed by atoms with Crippen molar-refractivity contribution < 1.29 is 19.4 Å². The minimum Gasteiger partial charge on any atom is -0.463 e. The molecule has 7 heteroatoms. The number of nitrogen functional groups attached to an aromatic ring is 1. The number of anilines is 1. The minimum atomic E-state index is -1.40. The lowest BCUT2D eigenvalue weighted by molar-refractivity contribution is 0.0720. The fraction of sp³-hybridized carbons (Fsp3) is 0.267. The van der Waals surface area contributed by atoms with Crippen LogP contribution in [0.3, 0.4) is 0 Å². The van der Waals surface area contributed by atoms with E-state index in [1.165, 1.54) is 6.07 Å². The fourth-order valence-corrected chi connectivity index (χ4v) is 2.26. The van der Waals surface area contributed by atoms with Gasteiger partial charge in [0.2, 0.25) is 0 Å². The van der Waals surface area contributed by atoms with E-state index in [2.05, 4.69) is 12.0 Å². The number of hydrogen-bond acceptors (Lipinski definition) is 5. The van der Waals surface area contributed by atoms with Crippen molar-refractivity contribution in [1.29, 1.82) is 0 Å². The van der Waals surface area contributed by atoms with Crippen LogP contribution in [0.15, 0.2) is 30.3 Å². The van der Waals surface area contributed by atoms with Crippen molar-refractivity contribution in [3.8, 4) is 5.75 Å². The van der Waals surface area contributed by atoms with Crippen LogP contribution in [0.25, 0.3) is 0 Å². The predicted octanol–water partition coefficient (Wildman–Crippen LogP) is 2.26. The first-order chi connectivity index (χ1) is 10.4. The van der Waals surface area contributed by atoms with E-state index < -0.39 is 12.1 Å². The number of benzene rings is 1. The maximum Gasteiger partial charge on any atom is 0.433 e. The molecule has 0 saturated heterocycles. The monoisotopic (exact) mass is 301 g/mol. The molecule has 0 bridgehead atoms. The van der Waals surface area contributed by atoms with Crippen LogP contribution in [0.5, 0.6) is 5.75 Å². The number of nitrogens with zero attached hydrogens (tertiary/aromatic N) is 2. The molecule has 1 aromatic heterocycles. The lowest BCUT2D eigenvalue weighted by Crippen LogP contribution is -2.20. The maximum absolute atomic E-state index is 12.1. The molecule has 1 aliphatic carbocycles. The van der Waals surface area contributed by atoms with Gasteiger partial charge in [-0.05, 0) is 36.0 Å². The van der Waals surface area contributed by atoms with Crippen LogP contribution in [-0.4, -0.2) is 26.9 Å². The van der Waals surface area contributed by atoms with Gasteiger partial charge in [-0.15, -0.1) is 5.10 Å². The Balaban J connectivity index is 1.84. The number of aromatic nitrogens is 2. The molecule has 2 aromatic rings. The van der Waals surface area contributed by atoms with Crippen molar-refractivity contribution in [2.24, 2.45) is 0 Å². The van der Waals surface area contributed by atoms with E-state index in [9.17, 15) is 9.59 Å². The van der Waals surface area contributed by atoms with Crippen molar-refractivity contribution in [2.45, 2.75) is 25.2 Å². The number of esters is 1. The van der Waals surface area contributed by atoms with Gasteiger partial charge in [-0.3, -0.25) is 0 Å². The second kappa shape index (κ2) is 4.87. The highest BCUT2D eigenvalue weighted by atomic mass is 16.5. The fourth-order valence-electron chi connectivity index (χ4n) is 2.26. The number of ether oxygens (including phenoxy) is 1. The van der Waals surface area contributed by atoms with E-state index >= 15 is 0 Å². The Hall–Kier alpha value is -2.83. The topological polar surface area (TPSA) is 107 Å². The Morgan fingerprint density at radius 2 is 2.09 bits per heavy atom. The molecule has 22 heavy (non-hydrogen) atoms. The molecule has 7 nitrogen and oxygen atoms in total. The summed E-state index contributed by atoms with van der Waals surface area (Å²) in [4.78, 5) is 23.2. The van der Waals surface area contributed by atoms with Crippen LogP contribution < -0.4 is 10.5 Å². The van der Waals surface area contributed by atoms with Gasteiger partial charge >= 0.3 is 12.1 Å². The number of carboxylic acid groups (broad SMARTS) is 1. The first-order valence-electron chi connectivity index (χ1n) is 6.81. The molecule has 1 fully saturated rings. The predicted molar refractivity (Wildman–Crippen MR) is 78.0 cm³/mol. The Kier molecular flexibility index (Phi) is 3.13. The summed E-state index contributed by atoms with van der Waals surface area (Å²) in [5.74, 6) is -0.509. The number of hydrogen-bond donors (Lipinski definition) is 2. The molecule has 0 aliphatic heterocycles. The van der Waals surface area contributed by atoms with Crippen molar-refractivity contribution >= 4 is 17.9 Å². The first kappa shape index (κ1) is 14.1. The molecule has 0 spiro atoms. The summed E-state index contributed by atoms with van der Waals surface area (Å²) < 4.78 is 5.75. The number of carbonyl (C=O) groups excluding carboxylic acids is 1. The number of rotatable bonds is 3. The average Bonchev–Trinajstić information content (AvgIpc) is 3.09. The maximum atomic E-state index is 12.1. The molecule has 0 radical (unpaired) electrons. The highest BCUT2D eigenvalue weighted by Crippen LogP contribution is 2.48. The molecular weight excluding hydrogens is 286 g/mol. The van der Waals surface area contributed by atoms with E-state index in [1.54, 1.807) is 12.1 Å². The summed E-state index contributed by atoms with van der Waals surface area (Å²) in [5.41, 5.74) is 6.46. The standard InChI is InChI=1S/C15H15N3O4/c1-15(5-6-15)9-3-2-4-10(7-9)22-13(19)11-8-12(16)17-18(11)14(20)21/h2-4,7-8H,5-6H2,1H3,(H2,16,17)(H,20,21). The summed E-state index contributed by atoms with van der Waals surface area (Å²) >= 11 is 0. The second-order valence-electron chi connectivity index (χ2n) is 5.63. The zero-order chi connectivity index (χ0) is 15.9. The van der Waals surface area contributed by atoms with Gasteiger partial charge in [0.25, 0.3) is 0 Å². The van der Waals surface area contributed by atoms with Crippen LogP contribution in [0.4, 0.5) is 10.6 Å². The Bertz CT molecular complexity index is 762. The first-order valence-corrected chi connectivity index (χ1v) is 6.81. The molecule has 1 heterocycles. The Morgan fingerprint density at radius 3 is 2.73 bits per heavy atom. The largest absolute Gasteiger partial charge is 0.463 e. The molecular formula is C15H15N3O4. The zero-order valence-corrected chi connectivity index (χ0v) is 11.9. The molecule has 1 saturated carbocycles. The SMILES string of the molecule is CC1(c2cccc(OC(=O)c3cc(N)nn3C(=O)O)c2)CC1. The lowest BCUT2D eigenvalue weighted by atomic mass is 9.98. The lowest BCUT2D eigenvalue weighted by Gasteiger charge is -2.10. The van der Waals surface area contributed by atoms with Gasteiger partial charge in [-0.1, -0.05) is 19.1 Å². The van der Waals surface area contributed by atoms with E-state index in [-0.39, 0.29) is 16.9 Å². The highest BCUT2D eigenvalue weighted by molar-refractivity contribution is 5.93. The van der Waals surface area contributed by atoms with Gasteiger partial charge in [0.05, 0.1) is 0 Å². The molecule has 0 amide bonds. The Morgan fingerprint density at radius 1 is 1.36 bits per heavy atom. The van der Waals surface area contributed by atoms with Crippen molar-refractivity contribution in [3.05, 3.63) is 41.6 Å². The summed E-state index contributed by atoms with van der Waals surface area (Å²) in [7, 11) is 0. The summed E-state index contributed by atoms with van der Waals surface area (Å²) in [6.07, 6.45) is 0.808. The van der Waals surface area contributed by atoms with E-state index in [0.29, 0.717) is 10.4 Å². The third-order valence-corrected chi connectivity index (χ3v) is 3.86. The van der Waals surface area contributed by atoms with Gasteiger partial charge in [0, 0.05) is 6.07 Å². The Labute approximate surface area is 126 Å². The molecule has 0 unspecified atom stereocenters. The van der Waals surface area contributed by atoms with Gasteiger partial charge in [0.1, 0.15) is 11.6 Å². The quantitative estimate of drug-likeness (QED) is 0.665. The highest BCUT2D eigenvalue weighted by Gasteiger charge is 2.39.